The molecule has 166 valence electrons. The number of thiophene rings is 1. The van der Waals surface area contributed by atoms with Crippen LogP contribution < -0.4 is 5.32 Å². The van der Waals surface area contributed by atoms with Gasteiger partial charge in [0, 0.05) is 22.8 Å². The third kappa shape index (κ3) is 5.15. The first kappa shape index (κ1) is 22.4. The molecule has 0 fully saturated rings. The Morgan fingerprint density at radius 3 is 2.48 bits per heavy atom. The fourth-order valence-electron chi connectivity index (χ4n) is 3.40. The molecule has 2 aromatic carbocycles. The van der Waals surface area contributed by atoms with Gasteiger partial charge >= 0.3 is 5.97 Å². The molecule has 0 aliphatic carbocycles. The van der Waals surface area contributed by atoms with Gasteiger partial charge in [-0.05, 0) is 31.2 Å². The molecule has 1 amide bonds. The van der Waals surface area contributed by atoms with Gasteiger partial charge in [-0.2, -0.15) is 0 Å². The second-order valence-corrected chi connectivity index (χ2v) is 8.69. The van der Waals surface area contributed by atoms with Gasteiger partial charge in [-0.3, -0.25) is 9.59 Å². The predicted molar refractivity (Wildman–Crippen MR) is 128 cm³/mol. The van der Waals surface area contributed by atoms with Gasteiger partial charge in [0.1, 0.15) is 0 Å². The number of pyridine rings is 1. The van der Waals surface area contributed by atoms with Crippen LogP contribution in [0.1, 0.15) is 38.8 Å². The minimum Gasteiger partial charge on any atom is -0.451 e. The number of nitrogens with one attached hydrogen (secondary N) is 1. The number of nitrogens with zero attached hydrogens (tertiary/aromatic N) is 1. The van der Waals surface area contributed by atoms with Gasteiger partial charge < -0.3 is 10.1 Å². The van der Waals surface area contributed by atoms with Gasteiger partial charge in [0.15, 0.2) is 6.10 Å². The van der Waals surface area contributed by atoms with Gasteiger partial charge in [-0.1, -0.05) is 48.5 Å². The lowest BCUT2D eigenvalue weighted by Crippen LogP contribution is -2.24. The number of para-hydroxylation sites is 1. The van der Waals surface area contributed by atoms with Crippen molar-refractivity contribution in [1.29, 1.82) is 0 Å². The van der Waals surface area contributed by atoms with E-state index < -0.39 is 12.1 Å². The van der Waals surface area contributed by atoms with Crippen molar-refractivity contribution in [2.75, 3.05) is 0 Å². The van der Waals surface area contributed by atoms with E-state index in [2.05, 4.69) is 10.3 Å². The number of benzene rings is 2. The average Bonchev–Trinajstić information content (AvgIpc) is 3.31. The highest BCUT2D eigenvalue weighted by molar-refractivity contribution is 7.14. The monoisotopic (exact) mass is 458 g/mol. The summed E-state index contributed by atoms with van der Waals surface area (Å²) in [4.78, 5) is 43.1. The number of fused-ring (bicyclic) bond motifs is 1. The Balaban J connectivity index is 1.57. The van der Waals surface area contributed by atoms with Crippen LogP contribution in [-0.4, -0.2) is 28.7 Å². The van der Waals surface area contributed by atoms with E-state index >= 15 is 0 Å². The van der Waals surface area contributed by atoms with Gasteiger partial charge in [0.2, 0.25) is 11.7 Å². The van der Waals surface area contributed by atoms with Gasteiger partial charge in [0.25, 0.3) is 0 Å². The maximum absolute atomic E-state index is 13.1. The summed E-state index contributed by atoms with van der Waals surface area (Å²) >= 11 is 1.27. The number of rotatable bonds is 7. The van der Waals surface area contributed by atoms with Crippen LogP contribution in [-0.2, 0) is 16.1 Å². The first-order valence-electron chi connectivity index (χ1n) is 10.5. The molecule has 0 spiro atoms. The highest BCUT2D eigenvalue weighted by Crippen LogP contribution is 2.26. The smallest absolute Gasteiger partial charge is 0.339 e. The molecular formula is C26H22N2O4S. The van der Waals surface area contributed by atoms with E-state index in [9.17, 15) is 14.4 Å². The molecule has 2 heterocycles. The van der Waals surface area contributed by atoms with Crippen molar-refractivity contribution in [2.24, 2.45) is 0 Å². The zero-order valence-electron chi connectivity index (χ0n) is 18.2. The fraction of sp³-hybridized carbons (Fsp3) is 0.154. The topological polar surface area (TPSA) is 85.4 Å². The molecule has 1 N–H and O–H groups in total. The summed E-state index contributed by atoms with van der Waals surface area (Å²) < 4.78 is 5.58. The Morgan fingerprint density at radius 2 is 1.73 bits per heavy atom. The number of hydrogen-bond acceptors (Lipinski definition) is 6. The van der Waals surface area contributed by atoms with E-state index in [0.29, 0.717) is 33.6 Å². The van der Waals surface area contributed by atoms with Gasteiger partial charge in [-0.15, -0.1) is 11.3 Å². The van der Waals surface area contributed by atoms with E-state index in [1.54, 1.807) is 25.1 Å². The Morgan fingerprint density at radius 1 is 1.00 bits per heavy atom. The van der Waals surface area contributed by atoms with Crippen molar-refractivity contribution in [3.8, 4) is 11.3 Å². The molecular weight excluding hydrogens is 436 g/mol. The Bertz CT molecular complexity index is 1330. The molecule has 1 atom stereocenters. The third-order valence-corrected chi connectivity index (χ3v) is 6.17. The molecule has 4 aromatic rings. The van der Waals surface area contributed by atoms with Crippen LogP contribution in [0.3, 0.4) is 0 Å². The van der Waals surface area contributed by atoms with Crippen molar-refractivity contribution in [3.05, 3.63) is 88.1 Å². The minimum absolute atomic E-state index is 0.141. The normalized spacial score (nSPS) is 11.7. The van der Waals surface area contributed by atoms with Crippen molar-refractivity contribution in [2.45, 2.75) is 26.5 Å². The maximum Gasteiger partial charge on any atom is 0.339 e. The first-order valence-corrected chi connectivity index (χ1v) is 11.3. The van der Waals surface area contributed by atoms with Crippen LogP contribution in [0.5, 0.6) is 0 Å². The Labute approximate surface area is 195 Å². The summed E-state index contributed by atoms with van der Waals surface area (Å²) in [6.45, 7) is 3.36. The highest BCUT2D eigenvalue weighted by Gasteiger charge is 2.23. The summed E-state index contributed by atoms with van der Waals surface area (Å²) in [6.07, 6.45) is -0.961. The lowest BCUT2D eigenvalue weighted by molar-refractivity contribution is -0.119. The van der Waals surface area contributed by atoms with Gasteiger partial charge in [0.05, 0.1) is 28.2 Å². The number of ketones is 1. The molecule has 0 aliphatic heterocycles. The number of hydrogen-bond donors (Lipinski definition) is 1. The van der Waals surface area contributed by atoms with Crippen LogP contribution in [0.25, 0.3) is 22.2 Å². The van der Waals surface area contributed by atoms with Crippen molar-refractivity contribution in [3.63, 3.8) is 0 Å². The van der Waals surface area contributed by atoms with Crippen LogP contribution in [0, 0.1) is 0 Å². The quantitative estimate of drug-likeness (QED) is 0.310. The van der Waals surface area contributed by atoms with Crippen LogP contribution in [0.2, 0.25) is 0 Å². The molecule has 1 unspecified atom stereocenters. The minimum atomic E-state index is -0.961. The van der Waals surface area contributed by atoms with Crippen LogP contribution in [0.4, 0.5) is 0 Å². The molecule has 4 rings (SSSR count). The number of esters is 1. The highest BCUT2D eigenvalue weighted by atomic mass is 32.1. The second kappa shape index (κ2) is 9.75. The van der Waals surface area contributed by atoms with Crippen molar-refractivity contribution >= 4 is 39.9 Å². The Kier molecular flexibility index (Phi) is 6.60. The SMILES string of the molecule is CC(=O)NCc1ccc(C(=O)C(C)OC(=O)c2cc(-c3ccccc3)nc3ccccc23)s1. The number of amides is 1. The molecule has 0 aliphatic rings. The van der Waals surface area contributed by atoms with E-state index in [4.69, 9.17) is 4.74 Å². The molecule has 7 heteroatoms. The van der Waals surface area contributed by atoms with E-state index in [1.165, 1.54) is 18.3 Å². The van der Waals surface area contributed by atoms with E-state index in [1.807, 2.05) is 54.6 Å². The van der Waals surface area contributed by atoms with Gasteiger partial charge in [-0.25, -0.2) is 9.78 Å². The van der Waals surface area contributed by atoms with Crippen molar-refractivity contribution in [1.82, 2.24) is 10.3 Å². The van der Waals surface area contributed by atoms with Crippen LogP contribution >= 0.6 is 11.3 Å². The molecule has 6 nitrogen and oxygen atoms in total. The molecule has 0 saturated heterocycles. The average molecular weight is 459 g/mol. The first-order chi connectivity index (χ1) is 15.9. The number of aromatic nitrogens is 1. The maximum atomic E-state index is 13.1. The number of carbonyl (C=O) groups excluding carboxylic acids is 3. The Hall–Kier alpha value is -3.84. The summed E-state index contributed by atoms with van der Waals surface area (Å²) in [7, 11) is 0. The molecule has 0 bridgehead atoms. The molecule has 0 radical (unpaired) electrons. The zero-order chi connectivity index (χ0) is 23.4. The van der Waals surface area contributed by atoms with E-state index in [0.717, 1.165) is 10.4 Å². The summed E-state index contributed by atoms with van der Waals surface area (Å²) in [6, 6.07) is 22.1. The third-order valence-electron chi connectivity index (χ3n) is 5.07. The number of ether oxygens (including phenoxy) is 1. The lowest BCUT2D eigenvalue weighted by Gasteiger charge is -2.14. The molecule has 2 aromatic heterocycles. The zero-order valence-corrected chi connectivity index (χ0v) is 19.0. The number of carbonyl (C=O) groups is 3. The predicted octanol–water partition coefficient (Wildman–Crippen LogP) is 5.03. The fourth-order valence-corrected chi connectivity index (χ4v) is 4.36. The largest absolute Gasteiger partial charge is 0.451 e. The van der Waals surface area contributed by atoms with E-state index in [-0.39, 0.29) is 11.7 Å². The standard InChI is InChI=1S/C26H22N2O4S/c1-16(25(30)24-13-12-19(33-24)15-27-17(2)29)32-26(31)21-14-23(18-8-4-3-5-9-18)28-22-11-7-6-10-20(21)22/h3-14,16H,15H2,1-2H3,(H,27,29). The lowest BCUT2D eigenvalue weighted by atomic mass is 10.0. The molecule has 0 saturated carbocycles. The second-order valence-electron chi connectivity index (χ2n) is 7.53. The van der Waals surface area contributed by atoms with Crippen molar-refractivity contribution < 1.29 is 19.1 Å². The summed E-state index contributed by atoms with van der Waals surface area (Å²) in [5, 5.41) is 3.36. The summed E-state index contributed by atoms with van der Waals surface area (Å²) in [5.74, 6) is -1.01. The molecule has 33 heavy (non-hydrogen) atoms. The van der Waals surface area contributed by atoms with Crippen LogP contribution in [0.15, 0.2) is 72.8 Å². The number of Topliss-reactive ketones (excluding diaryl/α,β-unsaturated/α-hetero) is 1. The summed E-state index contributed by atoms with van der Waals surface area (Å²) in [5.41, 5.74) is 2.56.